The van der Waals surface area contributed by atoms with Crippen molar-refractivity contribution in [3.8, 4) is 34.1 Å². The maximum absolute atomic E-state index is 12.7. The van der Waals surface area contributed by atoms with Gasteiger partial charge in [0.1, 0.15) is 11.6 Å². The van der Waals surface area contributed by atoms with Crippen LogP contribution in [0, 0.1) is 0 Å². The predicted octanol–water partition coefficient (Wildman–Crippen LogP) is 4.27. The zero-order chi connectivity index (χ0) is 23.7. The molecule has 0 saturated carbocycles. The Kier molecular flexibility index (Phi) is 5.93. The van der Waals surface area contributed by atoms with Gasteiger partial charge >= 0.3 is 0 Å². The molecule has 1 amide bonds. The van der Waals surface area contributed by atoms with E-state index >= 15 is 0 Å². The molecule has 3 N–H and O–H groups in total. The summed E-state index contributed by atoms with van der Waals surface area (Å²) in [7, 11) is 1.57. The van der Waals surface area contributed by atoms with Crippen molar-refractivity contribution < 1.29 is 14.6 Å². The predicted molar refractivity (Wildman–Crippen MR) is 135 cm³/mol. The maximum Gasteiger partial charge on any atom is 0.251 e. The summed E-state index contributed by atoms with van der Waals surface area (Å²) in [5.41, 5.74) is 4.11. The van der Waals surface area contributed by atoms with Gasteiger partial charge in [-0.1, -0.05) is 6.07 Å². The average Bonchev–Trinajstić information content (AvgIpc) is 3.48. The van der Waals surface area contributed by atoms with E-state index in [1.165, 1.54) is 0 Å². The molecule has 1 aliphatic rings. The molecule has 0 fully saturated rings. The molecule has 5 rings (SSSR count). The van der Waals surface area contributed by atoms with Crippen molar-refractivity contribution in [3.05, 3.63) is 60.3 Å². The number of phenols is 1. The van der Waals surface area contributed by atoms with Crippen LogP contribution >= 0.6 is 11.8 Å². The molecule has 0 bridgehead atoms. The second-order valence-electron chi connectivity index (χ2n) is 7.93. The van der Waals surface area contributed by atoms with Crippen LogP contribution in [0.25, 0.3) is 33.5 Å². The fourth-order valence-electron chi connectivity index (χ4n) is 3.91. The fraction of sp³-hybridized carbons (Fsp3) is 0.200. The second-order valence-corrected chi connectivity index (χ2v) is 9.15. The van der Waals surface area contributed by atoms with Crippen molar-refractivity contribution in [2.24, 2.45) is 4.99 Å². The third-order valence-electron chi connectivity index (χ3n) is 5.62. The monoisotopic (exact) mass is 473 g/mol. The number of ether oxygens (including phenoxy) is 1. The van der Waals surface area contributed by atoms with Crippen molar-refractivity contribution in [3.63, 3.8) is 0 Å². The summed E-state index contributed by atoms with van der Waals surface area (Å²) < 4.78 is 5.37. The Balaban J connectivity index is 1.42. The van der Waals surface area contributed by atoms with Gasteiger partial charge in [-0.2, -0.15) is 0 Å². The standard InChI is InChI=1S/C25H23N5O3S/c1-14-28-17(13-34-14)12-27-24(32)16-5-7-20-21(11-16)30-23(29-20)19-10-15(6-8-22(19)31)18-4-3-9-26-25(18)33-2/h3-11,17,31H,12-13H2,1-2H3,(H,27,32)(H,29,30). The van der Waals surface area contributed by atoms with Gasteiger partial charge in [-0.05, 0) is 55.0 Å². The summed E-state index contributed by atoms with van der Waals surface area (Å²) in [6, 6.07) is 14.4. The second kappa shape index (κ2) is 9.18. The van der Waals surface area contributed by atoms with E-state index in [1.807, 2.05) is 31.2 Å². The number of nitrogens with zero attached hydrogens (tertiary/aromatic N) is 3. The van der Waals surface area contributed by atoms with Crippen LogP contribution in [-0.4, -0.2) is 56.5 Å². The van der Waals surface area contributed by atoms with Gasteiger partial charge in [-0.3, -0.25) is 9.79 Å². The van der Waals surface area contributed by atoms with Crippen molar-refractivity contribution in [1.29, 1.82) is 0 Å². The Hall–Kier alpha value is -3.85. The number of hydrogen-bond acceptors (Lipinski definition) is 7. The lowest BCUT2D eigenvalue weighted by Crippen LogP contribution is -2.31. The fourth-order valence-corrected chi connectivity index (χ4v) is 4.76. The van der Waals surface area contributed by atoms with Gasteiger partial charge < -0.3 is 20.1 Å². The highest BCUT2D eigenvalue weighted by Crippen LogP contribution is 2.35. The summed E-state index contributed by atoms with van der Waals surface area (Å²) in [5, 5.41) is 14.5. The lowest BCUT2D eigenvalue weighted by Gasteiger charge is -2.09. The summed E-state index contributed by atoms with van der Waals surface area (Å²) in [5.74, 6) is 1.82. The summed E-state index contributed by atoms with van der Waals surface area (Å²) >= 11 is 1.71. The first-order valence-electron chi connectivity index (χ1n) is 10.8. The Morgan fingerprint density at radius 1 is 1.24 bits per heavy atom. The normalized spacial score (nSPS) is 15.4. The van der Waals surface area contributed by atoms with Crippen LogP contribution in [0.1, 0.15) is 17.3 Å². The number of hydrogen-bond donors (Lipinski definition) is 3. The third-order valence-corrected chi connectivity index (χ3v) is 6.69. The molecule has 0 saturated heterocycles. The molecule has 8 nitrogen and oxygen atoms in total. The number of nitrogens with one attached hydrogen (secondary N) is 2. The topological polar surface area (TPSA) is 112 Å². The number of phenolic OH excluding ortho intramolecular Hbond substituents is 1. The molecule has 0 radical (unpaired) electrons. The lowest BCUT2D eigenvalue weighted by molar-refractivity contribution is 0.0952. The SMILES string of the molecule is COc1ncccc1-c1ccc(O)c(-c2nc3cc(C(=O)NCC4CSC(C)=N4)ccc3[nH]2)c1. The minimum absolute atomic E-state index is 0.0916. The van der Waals surface area contributed by atoms with E-state index in [4.69, 9.17) is 4.74 Å². The Labute approximate surface area is 200 Å². The van der Waals surface area contributed by atoms with Crippen molar-refractivity contribution in [2.45, 2.75) is 13.0 Å². The number of carbonyl (C=O) groups excluding carboxylic acids is 1. The Morgan fingerprint density at radius 2 is 2.12 bits per heavy atom. The highest BCUT2D eigenvalue weighted by molar-refractivity contribution is 8.14. The highest BCUT2D eigenvalue weighted by atomic mass is 32.2. The molecule has 4 aromatic rings. The number of aromatic nitrogens is 3. The van der Waals surface area contributed by atoms with E-state index in [1.54, 1.807) is 49.3 Å². The van der Waals surface area contributed by atoms with Gasteiger partial charge in [0.25, 0.3) is 5.91 Å². The molecule has 1 aliphatic heterocycles. The molecule has 172 valence electrons. The molecular formula is C25H23N5O3S. The molecule has 9 heteroatoms. The molecule has 2 aromatic carbocycles. The first-order valence-corrected chi connectivity index (χ1v) is 11.8. The molecule has 2 aromatic heterocycles. The third kappa shape index (κ3) is 4.34. The number of amides is 1. The van der Waals surface area contributed by atoms with Crippen LogP contribution < -0.4 is 10.1 Å². The summed E-state index contributed by atoms with van der Waals surface area (Å²) in [4.78, 5) is 29.3. The van der Waals surface area contributed by atoms with Crippen LogP contribution in [0.4, 0.5) is 0 Å². The van der Waals surface area contributed by atoms with Crippen LogP contribution in [0.15, 0.2) is 59.7 Å². The molecule has 0 spiro atoms. The van der Waals surface area contributed by atoms with Crippen molar-refractivity contribution >= 4 is 33.7 Å². The van der Waals surface area contributed by atoms with Crippen molar-refractivity contribution in [1.82, 2.24) is 20.3 Å². The largest absolute Gasteiger partial charge is 0.507 e. The van der Waals surface area contributed by atoms with Crippen LogP contribution in [-0.2, 0) is 0 Å². The zero-order valence-corrected chi connectivity index (χ0v) is 19.5. The minimum atomic E-state index is -0.162. The number of fused-ring (bicyclic) bond motifs is 1. The summed E-state index contributed by atoms with van der Waals surface area (Å²) in [6.07, 6.45) is 1.66. The molecule has 3 heterocycles. The van der Waals surface area contributed by atoms with E-state index in [0.29, 0.717) is 34.9 Å². The van der Waals surface area contributed by atoms with Gasteiger partial charge in [0.15, 0.2) is 0 Å². The van der Waals surface area contributed by atoms with E-state index in [9.17, 15) is 9.90 Å². The highest BCUT2D eigenvalue weighted by Gasteiger charge is 2.18. The maximum atomic E-state index is 12.7. The van der Waals surface area contributed by atoms with E-state index in [0.717, 1.165) is 27.4 Å². The number of pyridine rings is 1. The van der Waals surface area contributed by atoms with Crippen LogP contribution in [0.3, 0.4) is 0 Å². The lowest BCUT2D eigenvalue weighted by atomic mass is 10.0. The van der Waals surface area contributed by atoms with Gasteiger partial charge in [0.05, 0.1) is 34.8 Å². The number of H-pyrrole nitrogens is 1. The number of carbonyl (C=O) groups is 1. The first-order chi connectivity index (χ1) is 16.5. The van der Waals surface area contributed by atoms with E-state index in [-0.39, 0.29) is 17.7 Å². The Morgan fingerprint density at radius 3 is 2.91 bits per heavy atom. The molecule has 1 unspecified atom stereocenters. The zero-order valence-electron chi connectivity index (χ0n) is 18.7. The molecule has 1 atom stereocenters. The average molecular weight is 474 g/mol. The van der Waals surface area contributed by atoms with Gasteiger partial charge in [-0.15, -0.1) is 11.8 Å². The number of aromatic amines is 1. The number of thioether (sulfide) groups is 1. The number of benzene rings is 2. The number of aromatic hydroxyl groups is 1. The Bertz CT molecular complexity index is 1410. The number of imidazole rings is 1. The molecule has 0 aliphatic carbocycles. The quantitative estimate of drug-likeness (QED) is 0.386. The number of methoxy groups -OCH3 is 1. The van der Waals surface area contributed by atoms with Gasteiger partial charge in [-0.25, -0.2) is 9.97 Å². The minimum Gasteiger partial charge on any atom is -0.507 e. The van der Waals surface area contributed by atoms with Crippen LogP contribution in [0.2, 0.25) is 0 Å². The van der Waals surface area contributed by atoms with E-state index < -0.39 is 0 Å². The van der Waals surface area contributed by atoms with E-state index in [2.05, 4.69) is 25.3 Å². The molecule has 34 heavy (non-hydrogen) atoms. The number of rotatable bonds is 6. The van der Waals surface area contributed by atoms with Gasteiger partial charge in [0.2, 0.25) is 5.88 Å². The first kappa shape index (κ1) is 22.0. The smallest absolute Gasteiger partial charge is 0.251 e. The molecular weight excluding hydrogens is 450 g/mol. The van der Waals surface area contributed by atoms with Crippen LogP contribution in [0.5, 0.6) is 11.6 Å². The summed E-state index contributed by atoms with van der Waals surface area (Å²) in [6.45, 7) is 2.49. The number of aliphatic imine (C=N–C) groups is 1. The van der Waals surface area contributed by atoms with Gasteiger partial charge in [0, 0.05) is 29.6 Å². The van der Waals surface area contributed by atoms with Crippen molar-refractivity contribution in [2.75, 3.05) is 19.4 Å².